The second-order valence-electron chi connectivity index (χ2n) is 2.13. The first-order valence-corrected chi connectivity index (χ1v) is 3.08. The molecule has 0 saturated carbocycles. The average molecular weight is 170 g/mol. The van der Waals surface area contributed by atoms with E-state index < -0.39 is 22.8 Å². The Morgan fingerprint density at radius 2 is 1.42 bits per heavy atom. The van der Waals surface area contributed by atoms with E-state index >= 15 is 0 Å². The minimum atomic E-state index is -0.985. The van der Waals surface area contributed by atoms with Gasteiger partial charge in [0.1, 0.15) is 11.6 Å². The maximum absolute atomic E-state index is 12.8. The van der Waals surface area contributed by atoms with E-state index in [1.807, 2.05) is 0 Å². The van der Waals surface area contributed by atoms with E-state index in [2.05, 4.69) is 0 Å². The highest BCUT2D eigenvalue weighted by Crippen LogP contribution is 2.11. The van der Waals surface area contributed by atoms with Crippen LogP contribution in [0.25, 0.3) is 0 Å². The van der Waals surface area contributed by atoms with Crippen molar-refractivity contribution >= 4 is 12.6 Å². The molecule has 0 amide bonds. The molecule has 0 heterocycles. The fourth-order valence-electron chi connectivity index (χ4n) is 0.804. The molecule has 12 heavy (non-hydrogen) atoms. The van der Waals surface area contributed by atoms with Crippen LogP contribution in [0.3, 0.4) is 0 Å². The quantitative estimate of drug-likeness (QED) is 0.631. The summed E-state index contributed by atoms with van der Waals surface area (Å²) in [6, 6.07) is 1.46. The highest BCUT2D eigenvalue weighted by molar-refractivity contribution is 5.82. The smallest absolute Gasteiger partial charge is 0.153 e. The summed E-state index contributed by atoms with van der Waals surface area (Å²) in [6.07, 6.45) is 0.316. The summed E-state index contributed by atoms with van der Waals surface area (Å²) in [5.74, 6) is -1.79. The average Bonchev–Trinajstić information content (AvgIpc) is 2.08. The lowest BCUT2D eigenvalue weighted by atomic mass is 10.1. The first-order chi connectivity index (χ1) is 5.69. The third-order valence-corrected chi connectivity index (χ3v) is 1.35. The molecule has 4 heteroatoms. The van der Waals surface area contributed by atoms with E-state index in [-0.39, 0.29) is 12.6 Å². The van der Waals surface area contributed by atoms with Crippen molar-refractivity contribution in [2.24, 2.45) is 0 Å². The van der Waals surface area contributed by atoms with Gasteiger partial charge >= 0.3 is 0 Å². The molecule has 1 aromatic carbocycles. The lowest BCUT2D eigenvalue weighted by molar-refractivity contribution is 0.111. The SMILES string of the molecule is O=Cc1cc(F)cc(C=O)c1F. The van der Waals surface area contributed by atoms with Gasteiger partial charge in [0.25, 0.3) is 0 Å². The summed E-state index contributed by atoms with van der Waals surface area (Å²) in [5.41, 5.74) is -0.894. The van der Waals surface area contributed by atoms with Crippen LogP contribution in [-0.4, -0.2) is 12.6 Å². The Labute approximate surface area is 66.8 Å². The molecule has 0 saturated heterocycles. The van der Waals surface area contributed by atoms with Gasteiger partial charge in [-0.3, -0.25) is 9.59 Å². The number of carbonyl (C=O) groups is 2. The summed E-state index contributed by atoms with van der Waals surface area (Å²) >= 11 is 0. The minimum Gasteiger partial charge on any atom is -0.298 e. The maximum atomic E-state index is 12.8. The predicted molar refractivity (Wildman–Crippen MR) is 37.1 cm³/mol. The van der Waals surface area contributed by atoms with Crippen molar-refractivity contribution in [3.63, 3.8) is 0 Å². The number of hydrogen-bond acceptors (Lipinski definition) is 2. The Morgan fingerprint density at radius 1 is 1.00 bits per heavy atom. The van der Waals surface area contributed by atoms with Crippen LogP contribution in [0.4, 0.5) is 8.78 Å². The molecule has 0 aliphatic rings. The predicted octanol–water partition coefficient (Wildman–Crippen LogP) is 1.59. The normalized spacial score (nSPS) is 9.50. The minimum absolute atomic E-state index is 0.158. The number of carbonyl (C=O) groups excluding carboxylic acids is 2. The zero-order valence-electron chi connectivity index (χ0n) is 5.88. The van der Waals surface area contributed by atoms with Crippen molar-refractivity contribution in [2.45, 2.75) is 0 Å². The van der Waals surface area contributed by atoms with Gasteiger partial charge in [-0.25, -0.2) is 8.78 Å². The van der Waals surface area contributed by atoms with Crippen molar-refractivity contribution in [3.8, 4) is 0 Å². The molecule has 0 radical (unpaired) electrons. The molecule has 2 nitrogen and oxygen atoms in total. The second kappa shape index (κ2) is 3.21. The van der Waals surface area contributed by atoms with Crippen molar-refractivity contribution in [1.82, 2.24) is 0 Å². The molecular formula is C8H4F2O2. The van der Waals surface area contributed by atoms with Crippen molar-refractivity contribution in [3.05, 3.63) is 34.9 Å². The van der Waals surface area contributed by atoms with E-state index in [4.69, 9.17) is 0 Å². The Balaban J connectivity index is 3.41. The van der Waals surface area contributed by atoms with Crippen LogP contribution in [0.15, 0.2) is 12.1 Å². The first kappa shape index (κ1) is 8.52. The summed E-state index contributed by atoms with van der Waals surface area (Å²) in [7, 11) is 0. The fourth-order valence-corrected chi connectivity index (χ4v) is 0.804. The Morgan fingerprint density at radius 3 is 1.75 bits per heavy atom. The molecule has 1 rings (SSSR count). The topological polar surface area (TPSA) is 34.1 Å². The van der Waals surface area contributed by atoms with Crippen LogP contribution >= 0.6 is 0 Å². The zero-order chi connectivity index (χ0) is 9.14. The van der Waals surface area contributed by atoms with E-state index in [0.717, 1.165) is 12.1 Å². The van der Waals surface area contributed by atoms with Gasteiger partial charge in [0.05, 0.1) is 11.1 Å². The van der Waals surface area contributed by atoms with E-state index in [0.29, 0.717) is 0 Å². The van der Waals surface area contributed by atoms with E-state index in [9.17, 15) is 18.4 Å². The molecule has 0 aliphatic carbocycles. The van der Waals surface area contributed by atoms with Crippen LogP contribution in [0, 0.1) is 11.6 Å². The summed E-state index contributed by atoms with van der Waals surface area (Å²) in [4.78, 5) is 20.3. The number of benzene rings is 1. The van der Waals surface area contributed by atoms with Crippen LogP contribution in [-0.2, 0) is 0 Å². The van der Waals surface area contributed by atoms with E-state index in [1.54, 1.807) is 0 Å². The molecule has 0 aliphatic heterocycles. The van der Waals surface area contributed by atoms with Gasteiger partial charge in [0, 0.05) is 0 Å². The molecule has 0 atom stereocenters. The molecule has 62 valence electrons. The monoisotopic (exact) mass is 170 g/mol. The third-order valence-electron chi connectivity index (χ3n) is 1.35. The van der Waals surface area contributed by atoms with Crippen LogP contribution < -0.4 is 0 Å². The van der Waals surface area contributed by atoms with Crippen molar-refractivity contribution < 1.29 is 18.4 Å². The maximum Gasteiger partial charge on any atom is 0.153 e. The van der Waals surface area contributed by atoms with Crippen molar-refractivity contribution in [1.29, 1.82) is 0 Å². The highest BCUT2D eigenvalue weighted by atomic mass is 19.1. The van der Waals surface area contributed by atoms with Gasteiger partial charge in [-0.15, -0.1) is 0 Å². The lowest BCUT2D eigenvalue weighted by Crippen LogP contribution is -1.96. The third kappa shape index (κ3) is 1.37. The number of rotatable bonds is 2. The molecular weight excluding hydrogens is 166 g/mol. The Hall–Kier alpha value is -1.58. The van der Waals surface area contributed by atoms with Crippen LogP contribution in [0.5, 0.6) is 0 Å². The molecule has 0 spiro atoms. The molecule has 0 fully saturated rings. The lowest BCUT2D eigenvalue weighted by Gasteiger charge is -1.97. The Bertz CT molecular complexity index is 305. The summed E-state index contributed by atoms with van der Waals surface area (Å²) in [5, 5.41) is 0. The van der Waals surface area contributed by atoms with Crippen LogP contribution in [0.2, 0.25) is 0 Å². The van der Waals surface area contributed by atoms with Gasteiger partial charge < -0.3 is 0 Å². The van der Waals surface area contributed by atoms with Crippen LogP contribution in [0.1, 0.15) is 20.7 Å². The standard InChI is InChI=1S/C8H4F2O2/c9-7-1-5(3-11)8(10)6(2-7)4-12/h1-4H. The number of hydrogen-bond donors (Lipinski definition) is 0. The zero-order valence-corrected chi connectivity index (χ0v) is 5.88. The molecule has 0 aromatic heterocycles. The first-order valence-electron chi connectivity index (χ1n) is 3.08. The largest absolute Gasteiger partial charge is 0.298 e. The summed E-state index contributed by atoms with van der Waals surface area (Å²) < 4.78 is 25.3. The molecule has 1 aromatic rings. The highest BCUT2D eigenvalue weighted by Gasteiger charge is 2.08. The fraction of sp³-hybridized carbons (Fsp3) is 0. The van der Waals surface area contributed by atoms with Gasteiger partial charge in [-0.1, -0.05) is 0 Å². The van der Waals surface area contributed by atoms with Crippen molar-refractivity contribution in [2.75, 3.05) is 0 Å². The van der Waals surface area contributed by atoms with Gasteiger partial charge in [0.15, 0.2) is 12.6 Å². The number of halogens is 2. The molecule has 0 unspecified atom stereocenters. The van der Waals surface area contributed by atoms with Gasteiger partial charge in [-0.05, 0) is 12.1 Å². The van der Waals surface area contributed by atoms with Gasteiger partial charge in [-0.2, -0.15) is 0 Å². The summed E-state index contributed by atoms with van der Waals surface area (Å²) in [6.45, 7) is 0. The van der Waals surface area contributed by atoms with E-state index in [1.165, 1.54) is 0 Å². The Kier molecular flexibility index (Phi) is 2.28. The number of aldehydes is 2. The second-order valence-corrected chi connectivity index (χ2v) is 2.13. The molecule has 0 N–H and O–H groups in total. The molecule has 0 bridgehead atoms. The van der Waals surface area contributed by atoms with Gasteiger partial charge in [0.2, 0.25) is 0 Å².